The minimum absolute atomic E-state index is 0.152. The van der Waals surface area contributed by atoms with Crippen LogP contribution < -0.4 is 10.6 Å². The lowest BCUT2D eigenvalue weighted by molar-refractivity contribution is 0.627. The second kappa shape index (κ2) is 7.05. The molecule has 0 spiro atoms. The first-order valence-electron chi connectivity index (χ1n) is 6.95. The minimum Gasteiger partial charge on any atom is -0.369 e. The molecule has 1 atom stereocenters. The summed E-state index contributed by atoms with van der Waals surface area (Å²) in [6, 6.07) is 13.1. The van der Waals surface area contributed by atoms with Gasteiger partial charge in [-0.25, -0.2) is 4.39 Å². The van der Waals surface area contributed by atoms with Gasteiger partial charge in [0.1, 0.15) is 5.82 Å². The van der Waals surface area contributed by atoms with Crippen LogP contribution in [0.1, 0.15) is 18.1 Å². The van der Waals surface area contributed by atoms with Crippen LogP contribution in [-0.2, 0) is 13.0 Å². The van der Waals surface area contributed by atoms with Crippen molar-refractivity contribution < 1.29 is 4.39 Å². The van der Waals surface area contributed by atoms with Crippen LogP contribution in [0.5, 0.6) is 0 Å². The van der Waals surface area contributed by atoms with Crippen molar-refractivity contribution in [3.63, 3.8) is 0 Å². The van der Waals surface area contributed by atoms with Gasteiger partial charge in [-0.05, 0) is 64.7 Å². The van der Waals surface area contributed by atoms with Crippen LogP contribution in [0.25, 0.3) is 0 Å². The molecule has 4 heteroatoms. The number of anilines is 1. The molecule has 0 bridgehead atoms. The average Bonchev–Trinajstić information content (AvgIpc) is 2.40. The van der Waals surface area contributed by atoms with Gasteiger partial charge in [0.15, 0.2) is 0 Å². The fourth-order valence-corrected chi connectivity index (χ4v) is 3.04. The Labute approximate surface area is 133 Å². The van der Waals surface area contributed by atoms with Crippen LogP contribution in [0.15, 0.2) is 46.9 Å². The molecule has 0 heterocycles. The van der Waals surface area contributed by atoms with Crippen molar-refractivity contribution in [1.29, 1.82) is 0 Å². The Morgan fingerprint density at radius 2 is 1.76 bits per heavy atom. The predicted molar refractivity (Wildman–Crippen MR) is 90.0 cm³/mol. The fraction of sp³-hybridized carbons (Fsp3) is 0.294. The minimum atomic E-state index is -0.206. The topological polar surface area (TPSA) is 29.3 Å². The highest BCUT2D eigenvalue weighted by Crippen LogP contribution is 2.28. The zero-order valence-electron chi connectivity index (χ0n) is 12.3. The number of halogens is 2. The van der Waals surface area contributed by atoms with Crippen LogP contribution in [0, 0.1) is 5.82 Å². The van der Waals surface area contributed by atoms with E-state index in [0.29, 0.717) is 0 Å². The lowest BCUT2D eigenvalue weighted by atomic mass is 10.1. The molecule has 0 radical (unpaired) electrons. The molecular weight excluding hydrogens is 331 g/mol. The van der Waals surface area contributed by atoms with E-state index in [1.807, 2.05) is 26.1 Å². The van der Waals surface area contributed by atoms with E-state index in [9.17, 15) is 4.39 Å². The van der Waals surface area contributed by atoms with Crippen molar-refractivity contribution in [3.8, 4) is 0 Å². The molecule has 0 fully saturated rings. The smallest absolute Gasteiger partial charge is 0.123 e. The number of rotatable bonds is 5. The van der Waals surface area contributed by atoms with Crippen LogP contribution in [-0.4, -0.2) is 13.1 Å². The number of hydrogen-bond donors (Lipinski definition) is 1. The Bertz CT molecular complexity index is 596. The monoisotopic (exact) mass is 350 g/mol. The highest BCUT2D eigenvalue weighted by molar-refractivity contribution is 9.10. The summed E-state index contributed by atoms with van der Waals surface area (Å²) in [5.41, 5.74) is 9.23. The maximum absolute atomic E-state index is 12.9. The summed E-state index contributed by atoms with van der Waals surface area (Å²) in [5, 5.41) is 0. The normalized spacial score (nSPS) is 12.2. The molecule has 21 heavy (non-hydrogen) atoms. The molecule has 2 N–H and O–H groups in total. The van der Waals surface area contributed by atoms with Gasteiger partial charge in [-0.2, -0.15) is 0 Å². The third-order valence-corrected chi connectivity index (χ3v) is 3.95. The summed E-state index contributed by atoms with van der Waals surface area (Å²) < 4.78 is 14.0. The summed E-state index contributed by atoms with van der Waals surface area (Å²) in [6.45, 7) is 2.73. The summed E-state index contributed by atoms with van der Waals surface area (Å²) in [5.74, 6) is -0.206. The van der Waals surface area contributed by atoms with E-state index in [-0.39, 0.29) is 11.9 Å². The van der Waals surface area contributed by atoms with Gasteiger partial charge >= 0.3 is 0 Å². The molecule has 1 unspecified atom stereocenters. The van der Waals surface area contributed by atoms with E-state index in [2.05, 4.69) is 39.0 Å². The molecule has 0 aliphatic heterocycles. The Morgan fingerprint density at radius 3 is 2.33 bits per heavy atom. The number of nitrogens with zero attached hydrogens (tertiary/aromatic N) is 1. The molecular formula is C17H20BrFN2. The molecule has 2 aromatic carbocycles. The Kier molecular flexibility index (Phi) is 5.37. The van der Waals surface area contributed by atoms with Crippen molar-refractivity contribution in [2.24, 2.45) is 5.73 Å². The maximum Gasteiger partial charge on any atom is 0.123 e. The number of hydrogen-bond acceptors (Lipinski definition) is 2. The van der Waals surface area contributed by atoms with Gasteiger partial charge in [0, 0.05) is 24.1 Å². The first-order chi connectivity index (χ1) is 9.95. The number of benzene rings is 2. The van der Waals surface area contributed by atoms with Crippen molar-refractivity contribution in [1.82, 2.24) is 0 Å². The van der Waals surface area contributed by atoms with Crippen molar-refractivity contribution in [3.05, 3.63) is 63.9 Å². The lowest BCUT2D eigenvalue weighted by Crippen LogP contribution is -2.19. The molecule has 0 saturated heterocycles. The highest BCUT2D eigenvalue weighted by Gasteiger charge is 2.08. The van der Waals surface area contributed by atoms with E-state index >= 15 is 0 Å². The van der Waals surface area contributed by atoms with Gasteiger partial charge in [-0.1, -0.05) is 18.2 Å². The van der Waals surface area contributed by atoms with Crippen LogP contribution in [0.3, 0.4) is 0 Å². The molecule has 0 amide bonds. The Hall–Kier alpha value is -1.39. The van der Waals surface area contributed by atoms with Gasteiger partial charge in [0.05, 0.1) is 5.69 Å². The lowest BCUT2D eigenvalue weighted by Gasteiger charge is -2.21. The second-order valence-electron chi connectivity index (χ2n) is 5.45. The van der Waals surface area contributed by atoms with Gasteiger partial charge in [-0.15, -0.1) is 0 Å². The summed E-state index contributed by atoms with van der Waals surface area (Å²) in [7, 11) is 2.02. The van der Waals surface area contributed by atoms with Gasteiger partial charge in [-0.3, -0.25) is 0 Å². The first-order valence-corrected chi connectivity index (χ1v) is 7.74. The zero-order chi connectivity index (χ0) is 15.4. The highest BCUT2D eigenvalue weighted by atomic mass is 79.9. The molecule has 0 saturated carbocycles. The van der Waals surface area contributed by atoms with Gasteiger partial charge in [0.25, 0.3) is 0 Å². The summed E-state index contributed by atoms with van der Waals surface area (Å²) >= 11 is 3.62. The molecule has 0 aromatic heterocycles. The molecule has 0 aliphatic carbocycles. The standard InChI is InChI=1S/C17H20BrFN2/c1-12(20)9-14-5-8-17(16(18)10-14)21(2)11-13-3-6-15(19)7-4-13/h3-8,10,12H,9,11,20H2,1-2H3. The van der Waals surface area contributed by atoms with E-state index in [1.165, 1.54) is 17.7 Å². The van der Waals surface area contributed by atoms with E-state index < -0.39 is 0 Å². The van der Waals surface area contributed by atoms with Crippen LogP contribution in [0.2, 0.25) is 0 Å². The Morgan fingerprint density at radius 1 is 1.14 bits per heavy atom. The van der Waals surface area contributed by atoms with E-state index in [0.717, 1.165) is 28.7 Å². The van der Waals surface area contributed by atoms with Gasteiger partial charge in [0.2, 0.25) is 0 Å². The molecule has 2 rings (SSSR count). The van der Waals surface area contributed by atoms with E-state index in [4.69, 9.17) is 5.73 Å². The largest absolute Gasteiger partial charge is 0.369 e. The van der Waals surface area contributed by atoms with Crippen LogP contribution in [0.4, 0.5) is 10.1 Å². The molecule has 2 aromatic rings. The molecule has 0 aliphatic rings. The Balaban J connectivity index is 2.11. The second-order valence-corrected chi connectivity index (χ2v) is 6.30. The van der Waals surface area contributed by atoms with Gasteiger partial charge < -0.3 is 10.6 Å². The summed E-state index contributed by atoms with van der Waals surface area (Å²) in [6.07, 6.45) is 0.862. The van der Waals surface area contributed by atoms with Crippen molar-refractivity contribution in [2.45, 2.75) is 25.9 Å². The summed E-state index contributed by atoms with van der Waals surface area (Å²) in [4.78, 5) is 2.13. The fourth-order valence-electron chi connectivity index (χ4n) is 2.31. The maximum atomic E-state index is 12.9. The first kappa shape index (κ1) is 16.0. The SMILES string of the molecule is CC(N)Cc1ccc(N(C)Cc2ccc(F)cc2)c(Br)c1. The van der Waals surface area contributed by atoms with Crippen molar-refractivity contribution in [2.75, 3.05) is 11.9 Å². The van der Waals surface area contributed by atoms with Crippen LogP contribution >= 0.6 is 15.9 Å². The number of nitrogens with two attached hydrogens (primary N) is 1. The average molecular weight is 351 g/mol. The molecule has 2 nitrogen and oxygen atoms in total. The quantitative estimate of drug-likeness (QED) is 0.878. The third kappa shape index (κ3) is 4.55. The third-order valence-electron chi connectivity index (χ3n) is 3.31. The van der Waals surface area contributed by atoms with Crippen molar-refractivity contribution >= 4 is 21.6 Å². The zero-order valence-corrected chi connectivity index (χ0v) is 13.9. The predicted octanol–water partition coefficient (Wildman–Crippen LogP) is 4.11. The molecule has 112 valence electrons. The van der Waals surface area contributed by atoms with E-state index in [1.54, 1.807) is 0 Å².